The molecule has 2 aromatic carbocycles. The molecule has 0 aliphatic heterocycles. The van der Waals surface area contributed by atoms with Crippen molar-refractivity contribution in [2.75, 3.05) is 0 Å². The fourth-order valence-corrected chi connectivity index (χ4v) is 2.74. The van der Waals surface area contributed by atoms with Gasteiger partial charge in [0.05, 0.1) is 0 Å². The van der Waals surface area contributed by atoms with Gasteiger partial charge in [0.2, 0.25) is 0 Å². The van der Waals surface area contributed by atoms with Crippen molar-refractivity contribution in [2.24, 2.45) is 0 Å². The Bertz CT molecular complexity index is 597. The van der Waals surface area contributed by atoms with E-state index in [1.165, 1.54) is 0 Å². The van der Waals surface area contributed by atoms with E-state index in [1.807, 2.05) is 30.3 Å². The summed E-state index contributed by atoms with van der Waals surface area (Å²) in [6.07, 6.45) is 0.697. The summed E-state index contributed by atoms with van der Waals surface area (Å²) in [5.41, 5.74) is 0.979. The van der Waals surface area contributed by atoms with Crippen molar-refractivity contribution in [1.82, 2.24) is 0 Å². The van der Waals surface area contributed by atoms with Gasteiger partial charge < -0.3 is 4.55 Å². The number of alkyl halides is 1. The van der Waals surface area contributed by atoms with Crippen LogP contribution in [0.1, 0.15) is 20.1 Å². The van der Waals surface area contributed by atoms with Gasteiger partial charge in [-0.05, 0) is 16.3 Å². The maximum Gasteiger partial charge on any atom is 0.171 e. The Labute approximate surface area is 109 Å². The molecule has 2 unspecified atom stereocenters. The third kappa shape index (κ3) is 2.31. The number of carbonyl (C=O) groups excluding carboxylic acids is 1. The second kappa shape index (κ2) is 5.08. The minimum Gasteiger partial charge on any atom is -0.305 e. The molecular weight excluding hydrogens is 304 g/mol. The number of halogens is 1. The largest absolute Gasteiger partial charge is 0.305 e. The topological polar surface area (TPSA) is 54.4 Å². The average Bonchev–Trinajstić information content (AvgIpc) is 2.36. The van der Waals surface area contributed by atoms with Crippen LogP contribution in [0.2, 0.25) is 0 Å². The van der Waals surface area contributed by atoms with Gasteiger partial charge in [0.1, 0.15) is 10.4 Å². The minimum atomic E-state index is -2.07. The molecule has 0 aliphatic rings. The highest BCUT2D eigenvalue weighted by molar-refractivity contribution is 9.10. The number of aldehydes is 1. The van der Waals surface area contributed by atoms with Gasteiger partial charge in [-0.2, -0.15) is 0 Å². The standard InChI is InChI=1S/C12H9BrO3S/c13-12(17(15)16)11-9(7-14)6-5-8-3-1-2-4-10(8)11/h1-7,12H,(H,15,16). The smallest absolute Gasteiger partial charge is 0.171 e. The third-order valence-electron chi connectivity index (χ3n) is 2.54. The second-order valence-corrected chi connectivity index (χ2v) is 6.05. The molecule has 17 heavy (non-hydrogen) atoms. The summed E-state index contributed by atoms with van der Waals surface area (Å²) in [6, 6.07) is 10.9. The molecule has 1 N–H and O–H groups in total. The van der Waals surface area contributed by atoms with Crippen molar-refractivity contribution in [2.45, 2.75) is 4.16 Å². The molecule has 0 saturated heterocycles. The number of hydrogen-bond acceptors (Lipinski definition) is 2. The van der Waals surface area contributed by atoms with E-state index < -0.39 is 15.2 Å². The van der Waals surface area contributed by atoms with Crippen LogP contribution in [0.4, 0.5) is 0 Å². The number of rotatable bonds is 3. The lowest BCUT2D eigenvalue weighted by Crippen LogP contribution is -2.02. The summed E-state index contributed by atoms with van der Waals surface area (Å²) in [5, 5.41) is 1.74. The maximum atomic E-state index is 11.2. The third-order valence-corrected chi connectivity index (χ3v) is 4.54. The highest BCUT2D eigenvalue weighted by atomic mass is 79.9. The van der Waals surface area contributed by atoms with Crippen LogP contribution in [0.25, 0.3) is 10.8 Å². The molecule has 2 aromatic rings. The predicted octanol–water partition coefficient (Wildman–Crippen LogP) is 3.27. The first-order valence-corrected chi connectivity index (χ1v) is 6.94. The van der Waals surface area contributed by atoms with Crippen LogP contribution in [0.3, 0.4) is 0 Å². The molecule has 0 aromatic heterocycles. The summed E-state index contributed by atoms with van der Waals surface area (Å²) in [7, 11) is 0. The van der Waals surface area contributed by atoms with Gasteiger partial charge in [0.15, 0.2) is 11.1 Å². The fraction of sp³-hybridized carbons (Fsp3) is 0.0833. The number of hydrogen-bond donors (Lipinski definition) is 1. The number of benzene rings is 2. The van der Waals surface area contributed by atoms with E-state index >= 15 is 0 Å². The molecule has 88 valence electrons. The molecular formula is C12H9BrO3S. The molecule has 0 heterocycles. The predicted molar refractivity (Wildman–Crippen MR) is 71.8 cm³/mol. The molecule has 0 saturated carbocycles. The van der Waals surface area contributed by atoms with Crippen LogP contribution in [0.15, 0.2) is 36.4 Å². The van der Waals surface area contributed by atoms with Gasteiger partial charge in [0, 0.05) is 5.56 Å². The van der Waals surface area contributed by atoms with Crippen molar-refractivity contribution in [3.05, 3.63) is 47.5 Å². The molecule has 2 rings (SSSR count). The van der Waals surface area contributed by atoms with E-state index in [2.05, 4.69) is 15.9 Å². The zero-order valence-electron chi connectivity index (χ0n) is 8.67. The van der Waals surface area contributed by atoms with Crippen LogP contribution in [-0.2, 0) is 11.1 Å². The van der Waals surface area contributed by atoms with Gasteiger partial charge in [-0.25, -0.2) is 4.21 Å². The first-order valence-electron chi connectivity index (χ1n) is 4.85. The molecule has 0 aliphatic carbocycles. The highest BCUT2D eigenvalue weighted by Crippen LogP contribution is 2.34. The normalized spacial score (nSPS) is 14.5. The summed E-state index contributed by atoms with van der Waals surface area (Å²) >= 11 is 1.08. The first-order chi connectivity index (χ1) is 8.15. The Balaban J connectivity index is 2.80. The lowest BCUT2D eigenvalue weighted by molar-refractivity contribution is 0.112. The molecule has 0 spiro atoms. The molecule has 0 radical (unpaired) electrons. The van der Waals surface area contributed by atoms with Crippen LogP contribution >= 0.6 is 15.9 Å². The van der Waals surface area contributed by atoms with Gasteiger partial charge in [-0.3, -0.25) is 4.79 Å². The van der Waals surface area contributed by atoms with Crippen molar-refractivity contribution < 1.29 is 13.6 Å². The highest BCUT2D eigenvalue weighted by Gasteiger charge is 2.20. The zero-order valence-corrected chi connectivity index (χ0v) is 11.1. The lowest BCUT2D eigenvalue weighted by Gasteiger charge is -2.12. The second-order valence-electron chi connectivity index (χ2n) is 3.50. The summed E-state index contributed by atoms with van der Waals surface area (Å²) in [5.74, 6) is 0. The van der Waals surface area contributed by atoms with Gasteiger partial charge in [-0.15, -0.1) is 0 Å². The molecule has 0 fully saturated rings. The lowest BCUT2D eigenvalue weighted by atomic mass is 10.0. The monoisotopic (exact) mass is 312 g/mol. The quantitative estimate of drug-likeness (QED) is 0.537. The van der Waals surface area contributed by atoms with Crippen molar-refractivity contribution >= 4 is 44.1 Å². The Morgan fingerprint density at radius 2 is 1.94 bits per heavy atom. The Kier molecular flexibility index (Phi) is 3.71. The van der Waals surface area contributed by atoms with Gasteiger partial charge in [-0.1, -0.05) is 52.3 Å². The molecule has 5 heteroatoms. The Morgan fingerprint density at radius 1 is 1.24 bits per heavy atom. The van der Waals surface area contributed by atoms with E-state index in [4.69, 9.17) is 4.55 Å². The molecule has 2 atom stereocenters. The summed E-state index contributed by atoms with van der Waals surface area (Å²) < 4.78 is 19.6. The first kappa shape index (κ1) is 12.4. The molecule has 0 amide bonds. The van der Waals surface area contributed by atoms with Crippen molar-refractivity contribution in [3.8, 4) is 0 Å². The van der Waals surface area contributed by atoms with Crippen molar-refractivity contribution in [1.29, 1.82) is 0 Å². The zero-order chi connectivity index (χ0) is 12.4. The molecule has 0 bridgehead atoms. The Hall–Kier alpha value is -1.04. The van der Waals surface area contributed by atoms with Gasteiger partial charge in [0.25, 0.3) is 0 Å². The summed E-state index contributed by atoms with van der Waals surface area (Å²) in [6.45, 7) is 0. The fourth-order valence-electron chi connectivity index (χ4n) is 1.77. The van der Waals surface area contributed by atoms with Crippen LogP contribution < -0.4 is 0 Å². The SMILES string of the molecule is O=Cc1ccc2ccccc2c1C(Br)S(=O)O. The van der Waals surface area contributed by atoms with E-state index in [0.717, 1.165) is 10.8 Å². The van der Waals surface area contributed by atoms with Crippen LogP contribution in [0, 0.1) is 0 Å². The van der Waals surface area contributed by atoms with Crippen LogP contribution in [0.5, 0.6) is 0 Å². The number of carbonyl (C=O) groups is 1. The van der Waals surface area contributed by atoms with Crippen LogP contribution in [-0.4, -0.2) is 15.0 Å². The Morgan fingerprint density at radius 3 is 2.59 bits per heavy atom. The average molecular weight is 313 g/mol. The van der Waals surface area contributed by atoms with E-state index in [1.54, 1.807) is 6.07 Å². The van der Waals surface area contributed by atoms with Crippen molar-refractivity contribution in [3.63, 3.8) is 0 Å². The summed E-state index contributed by atoms with van der Waals surface area (Å²) in [4.78, 5) is 11.0. The molecule has 3 nitrogen and oxygen atoms in total. The minimum absolute atomic E-state index is 0.424. The van der Waals surface area contributed by atoms with E-state index in [9.17, 15) is 9.00 Å². The maximum absolute atomic E-state index is 11.2. The van der Waals surface area contributed by atoms with E-state index in [-0.39, 0.29) is 0 Å². The number of fused-ring (bicyclic) bond motifs is 1. The van der Waals surface area contributed by atoms with Gasteiger partial charge >= 0.3 is 0 Å². The van der Waals surface area contributed by atoms with E-state index in [0.29, 0.717) is 17.4 Å².